The first-order chi connectivity index (χ1) is 13.2. The number of carbonyl (C=O) groups excluding carboxylic acids is 1. The van der Waals surface area contributed by atoms with Gasteiger partial charge in [0.2, 0.25) is 0 Å². The Bertz CT molecular complexity index is 987. The van der Waals surface area contributed by atoms with Gasteiger partial charge >= 0.3 is 0 Å². The first-order valence-electron chi connectivity index (χ1n) is 7.95. The summed E-state index contributed by atoms with van der Waals surface area (Å²) < 4.78 is 6.17. The van der Waals surface area contributed by atoms with Crippen LogP contribution in [-0.4, -0.2) is 17.5 Å². The largest absolute Gasteiger partial charge is 0.479 e. The smallest absolute Gasteiger partial charge is 0.256 e. The van der Waals surface area contributed by atoms with E-state index in [1.165, 1.54) is 11.8 Å². The van der Waals surface area contributed by atoms with Crippen LogP contribution in [0.25, 0.3) is 0 Å². The molecule has 0 unspecified atom stereocenters. The summed E-state index contributed by atoms with van der Waals surface area (Å²) in [7, 11) is 0. The second-order valence-electron chi connectivity index (χ2n) is 5.34. The van der Waals surface area contributed by atoms with E-state index in [0.29, 0.717) is 17.0 Å². The highest BCUT2D eigenvalue weighted by molar-refractivity contribution is 9.10. The summed E-state index contributed by atoms with van der Waals surface area (Å²) in [5.74, 6) is 0.295. The lowest BCUT2D eigenvalue weighted by atomic mass is 10.2. The van der Waals surface area contributed by atoms with Crippen LogP contribution in [0.2, 0.25) is 0 Å². The average Bonchev–Trinajstić information content (AvgIpc) is 2.69. The molecule has 0 saturated heterocycles. The minimum absolute atomic E-state index is 0.0446. The summed E-state index contributed by atoms with van der Waals surface area (Å²) in [4.78, 5) is 17.9. The van der Waals surface area contributed by atoms with E-state index >= 15 is 0 Å². The second kappa shape index (κ2) is 9.21. The number of rotatable bonds is 6. The van der Waals surface area contributed by atoms with Crippen LogP contribution in [0.1, 0.15) is 10.4 Å². The maximum Gasteiger partial charge on any atom is 0.256 e. The number of hydrogen-bond acceptors (Lipinski definition) is 5. The first-order valence-corrected chi connectivity index (χ1v) is 9.56. The Morgan fingerprint density at radius 1 is 1.19 bits per heavy atom. The van der Waals surface area contributed by atoms with E-state index in [1.807, 2.05) is 36.4 Å². The quantitative estimate of drug-likeness (QED) is 0.574. The van der Waals surface area contributed by atoms with Crippen molar-refractivity contribution in [3.05, 3.63) is 76.9 Å². The Hall–Kier alpha value is -2.82. The molecule has 1 aromatic heterocycles. The monoisotopic (exact) mass is 439 g/mol. The molecule has 0 aliphatic heterocycles. The van der Waals surface area contributed by atoms with Crippen LogP contribution in [0.15, 0.2) is 81.3 Å². The highest BCUT2D eigenvalue weighted by Gasteiger charge is 2.13. The first kappa shape index (κ1) is 19.0. The van der Waals surface area contributed by atoms with Gasteiger partial charge in [0.1, 0.15) is 16.8 Å². The van der Waals surface area contributed by atoms with Gasteiger partial charge in [-0.1, -0.05) is 30.0 Å². The zero-order valence-corrected chi connectivity index (χ0v) is 16.5. The van der Waals surface area contributed by atoms with Crippen molar-refractivity contribution in [1.82, 2.24) is 4.98 Å². The van der Waals surface area contributed by atoms with Gasteiger partial charge in [-0.15, -0.1) is 0 Å². The molecule has 0 aliphatic carbocycles. The van der Waals surface area contributed by atoms with Gasteiger partial charge < -0.3 is 10.1 Å². The van der Waals surface area contributed by atoms with Crippen LogP contribution in [0.5, 0.6) is 5.75 Å². The molecule has 0 atom stereocenters. The molecule has 3 rings (SSSR count). The van der Waals surface area contributed by atoms with Crippen molar-refractivity contribution in [1.29, 1.82) is 5.26 Å². The number of pyridine rings is 1. The molecule has 3 aromatic rings. The van der Waals surface area contributed by atoms with Crippen molar-refractivity contribution in [2.75, 3.05) is 11.9 Å². The number of nitriles is 1. The number of amides is 1. The van der Waals surface area contributed by atoms with Crippen molar-refractivity contribution in [3.8, 4) is 11.8 Å². The zero-order chi connectivity index (χ0) is 19.1. The molecular weight excluding hydrogens is 426 g/mol. The van der Waals surface area contributed by atoms with Crippen LogP contribution >= 0.6 is 27.7 Å². The van der Waals surface area contributed by atoms with Crippen LogP contribution in [-0.2, 0) is 0 Å². The molecule has 2 aromatic carbocycles. The van der Waals surface area contributed by atoms with Gasteiger partial charge in [0.25, 0.3) is 5.91 Å². The molecule has 27 heavy (non-hydrogen) atoms. The zero-order valence-electron chi connectivity index (χ0n) is 14.1. The third kappa shape index (κ3) is 5.33. The molecule has 1 amide bonds. The molecule has 7 heteroatoms. The van der Waals surface area contributed by atoms with E-state index < -0.39 is 0 Å². The second-order valence-corrected chi connectivity index (χ2v) is 7.32. The average molecular weight is 440 g/mol. The van der Waals surface area contributed by atoms with Crippen LogP contribution in [0.3, 0.4) is 0 Å². The fourth-order valence-electron chi connectivity index (χ4n) is 2.26. The predicted octanol–water partition coefficient (Wildman–Crippen LogP) is 5.15. The summed E-state index contributed by atoms with van der Waals surface area (Å²) in [6, 6.07) is 20.0. The van der Waals surface area contributed by atoms with Crippen molar-refractivity contribution < 1.29 is 9.53 Å². The molecule has 0 fully saturated rings. The number of aromatic nitrogens is 1. The van der Waals surface area contributed by atoms with Crippen LogP contribution < -0.4 is 10.1 Å². The summed E-state index contributed by atoms with van der Waals surface area (Å²) >= 11 is 4.79. The van der Waals surface area contributed by atoms with E-state index in [1.54, 1.807) is 36.5 Å². The molecule has 0 saturated carbocycles. The minimum Gasteiger partial charge on any atom is -0.479 e. The molecule has 0 aliphatic rings. The Kier molecular flexibility index (Phi) is 6.47. The Labute approximate surface area is 169 Å². The highest BCUT2D eigenvalue weighted by Crippen LogP contribution is 2.30. The number of nitrogens with zero attached hydrogens (tertiary/aromatic N) is 2. The van der Waals surface area contributed by atoms with Gasteiger partial charge in [0, 0.05) is 27.3 Å². The van der Waals surface area contributed by atoms with Gasteiger partial charge in [0.05, 0.1) is 5.56 Å². The van der Waals surface area contributed by atoms with Gasteiger partial charge in [-0.2, -0.15) is 5.26 Å². The van der Waals surface area contributed by atoms with Gasteiger partial charge in [-0.3, -0.25) is 4.79 Å². The van der Waals surface area contributed by atoms with Gasteiger partial charge in [0.15, 0.2) is 6.61 Å². The maximum absolute atomic E-state index is 12.8. The summed E-state index contributed by atoms with van der Waals surface area (Å²) in [5.41, 5.74) is 1.15. The SMILES string of the molecule is N#CCOc1cccc(NC(=O)c2ccccc2Sc2ccc(Br)cn2)c1. The number of carbonyl (C=O) groups is 1. The van der Waals surface area contributed by atoms with Crippen molar-refractivity contribution >= 4 is 39.3 Å². The van der Waals surface area contributed by atoms with E-state index in [0.717, 1.165) is 14.4 Å². The lowest BCUT2D eigenvalue weighted by Crippen LogP contribution is -2.13. The van der Waals surface area contributed by atoms with E-state index in [-0.39, 0.29) is 12.5 Å². The third-order valence-corrected chi connectivity index (χ3v) is 4.94. The number of ether oxygens (including phenoxy) is 1. The number of benzene rings is 2. The Morgan fingerprint density at radius 3 is 2.81 bits per heavy atom. The van der Waals surface area contributed by atoms with Crippen molar-refractivity contribution in [2.24, 2.45) is 0 Å². The van der Waals surface area contributed by atoms with Gasteiger partial charge in [-0.25, -0.2) is 4.98 Å². The number of nitrogens with one attached hydrogen (secondary N) is 1. The van der Waals surface area contributed by atoms with Gasteiger partial charge in [-0.05, 0) is 52.3 Å². The fourth-order valence-corrected chi connectivity index (χ4v) is 3.37. The molecule has 5 nitrogen and oxygen atoms in total. The molecule has 0 radical (unpaired) electrons. The molecule has 1 N–H and O–H groups in total. The molecule has 0 bridgehead atoms. The lowest BCUT2D eigenvalue weighted by molar-refractivity contribution is 0.102. The van der Waals surface area contributed by atoms with E-state index in [9.17, 15) is 4.79 Å². The van der Waals surface area contributed by atoms with Crippen molar-refractivity contribution in [2.45, 2.75) is 9.92 Å². The molecule has 0 spiro atoms. The van der Waals surface area contributed by atoms with Crippen LogP contribution in [0.4, 0.5) is 5.69 Å². The molecular formula is C20H14BrN3O2S. The van der Waals surface area contributed by atoms with E-state index in [4.69, 9.17) is 10.00 Å². The predicted molar refractivity (Wildman–Crippen MR) is 108 cm³/mol. The standard InChI is InChI=1S/C20H14BrN3O2S/c21-14-8-9-19(23-13-14)27-18-7-2-1-6-17(18)20(25)24-15-4-3-5-16(12-15)26-11-10-22/h1-9,12-13H,11H2,(H,24,25). The van der Waals surface area contributed by atoms with Crippen LogP contribution in [0, 0.1) is 11.3 Å². The number of anilines is 1. The summed E-state index contributed by atoms with van der Waals surface area (Å²) in [6.07, 6.45) is 1.72. The highest BCUT2D eigenvalue weighted by atomic mass is 79.9. The molecule has 1 heterocycles. The Balaban J connectivity index is 1.77. The molecule has 134 valence electrons. The maximum atomic E-state index is 12.8. The topological polar surface area (TPSA) is 75.0 Å². The third-order valence-electron chi connectivity index (χ3n) is 3.44. The number of hydrogen-bond donors (Lipinski definition) is 1. The lowest BCUT2D eigenvalue weighted by Gasteiger charge is -2.10. The van der Waals surface area contributed by atoms with E-state index in [2.05, 4.69) is 26.2 Å². The normalized spacial score (nSPS) is 10.1. The summed E-state index contributed by atoms with van der Waals surface area (Å²) in [5, 5.41) is 12.3. The summed E-state index contributed by atoms with van der Waals surface area (Å²) in [6.45, 7) is -0.0446. The minimum atomic E-state index is -0.229. The van der Waals surface area contributed by atoms with Crippen molar-refractivity contribution in [3.63, 3.8) is 0 Å². The fraction of sp³-hybridized carbons (Fsp3) is 0.0500. The Morgan fingerprint density at radius 2 is 2.04 bits per heavy atom. The number of halogens is 1.